The van der Waals surface area contributed by atoms with Gasteiger partial charge in [-0.05, 0) is 43.4 Å². The van der Waals surface area contributed by atoms with E-state index < -0.39 is 62.4 Å². The van der Waals surface area contributed by atoms with Gasteiger partial charge in [-0.2, -0.15) is 0 Å². The maximum absolute atomic E-state index is 12.7. The van der Waals surface area contributed by atoms with Crippen LogP contribution in [0.5, 0.6) is 0 Å². The molecule has 0 spiro atoms. The van der Waals surface area contributed by atoms with E-state index in [-0.39, 0.29) is 30.9 Å². The monoisotopic (exact) mass is 754 g/mol. The van der Waals surface area contributed by atoms with Crippen molar-refractivity contribution in [2.45, 2.75) is 75.6 Å². The van der Waals surface area contributed by atoms with Crippen LogP contribution in [0.25, 0.3) is 0 Å². The van der Waals surface area contributed by atoms with Crippen molar-refractivity contribution in [1.29, 1.82) is 0 Å². The lowest BCUT2D eigenvalue weighted by molar-refractivity contribution is -0.121. The molecule has 0 bridgehead atoms. The molecular weight excluding hydrogens is 711 g/mol. The van der Waals surface area contributed by atoms with Crippen molar-refractivity contribution < 1.29 is 47.8 Å². The number of rotatable bonds is 16. The number of aromatic nitrogens is 2. The molecule has 6 atom stereocenters. The van der Waals surface area contributed by atoms with Crippen LogP contribution in [0.3, 0.4) is 0 Å². The molecular formula is C36H43N4O12P. The van der Waals surface area contributed by atoms with Gasteiger partial charge in [-0.3, -0.25) is 28.2 Å². The predicted octanol–water partition coefficient (Wildman–Crippen LogP) is 1.95. The Morgan fingerprint density at radius 2 is 1.74 bits per heavy atom. The Morgan fingerprint density at radius 1 is 1.02 bits per heavy atom. The smallest absolute Gasteiger partial charge is 0.441 e. The van der Waals surface area contributed by atoms with Gasteiger partial charge in [0.15, 0.2) is 6.23 Å². The average molecular weight is 755 g/mol. The number of nitrogens with zero attached hydrogens (tertiary/aromatic N) is 1. The Morgan fingerprint density at radius 3 is 2.51 bits per heavy atom. The van der Waals surface area contributed by atoms with Crippen molar-refractivity contribution in [3.63, 3.8) is 0 Å². The van der Waals surface area contributed by atoms with E-state index in [4.69, 9.17) is 14.0 Å². The Hall–Kier alpha value is -4.59. The Kier molecular flexibility index (Phi) is 13.8. The molecule has 2 heterocycles. The lowest BCUT2D eigenvalue weighted by Gasteiger charge is -2.22. The number of aliphatic hydroxyl groups excluding tert-OH is 2. The van der Waals surface area contributed by atoms with Gasteiger partial charge in [-0.1, -0.05) is 54.7 Å². The number of amides is 2. The summed E-state index contributed by atoms with van der Waals surface area (Å²) in [5.41, 5.74) is 2.16. The number of phosphoric ester groups is 1. The highest BCUT2D eigenvalue weighted by molar-refractivity contribution is 7.47. The van der Waals surface area contributed by atoms with Gasteiger partial charge in [0.2, 0.25) is 5.91 Å². The summed E-state index contributed by atoms with van der Waals surface area (Å²) in [4.78, 5) is 62.0. The number of benzene rings is 2. The second-order valence-corrected chi connectivity index (χ2v) is 14.1. The molecule has 6 N–H and O–H groups in total. The fourth-order valence-electron chi connectivity index (χ4n) is 6.12. The van der Waals surface area contributed by atoms with Crippen LogP contribution in [0.1, 0.15) is 72.3 Å². The van der Waals surface area contributed by atoms with Gasteiger partial charge < -0.3 is 35.2 Å². The normalized spacial score (nSPS) is 21.5. The standard InChI is InChI=1S/C36H43N4O12P/c1-49-53(47,48)52-32-29(22-41)50-34(31(32)43)40-21-26(33(44)39-35(40)45)13-9-19-37-30(42)15-3-2-8-18-38-36(46)51-28-20-25-12-5-4-10-23(25)16-17-24-11-6-7-14-27(24)28/h4-7,10-12,14,21,28-29,31-32,34,41,43H,2-3,8-9,13,15,18-20,22H2,1H3,(H,37,42)(H,38,46)(H,47,48)(H,39,44,45)/t28?,29-,31?,32+,34-/m1/s1. The maximum Gasteiger partial charge on any atom is 0.472 e. The fourth-order valence-corrected chi connectivity index (χ4v) is 6.78. The van der Waals surface area contributed by atoms with E-state index in [1.807, 2.05) is 48.5 Å². The van der Waals surface area contributed by atoms with Crippen LogP contribution in [0.15, 0.2) is 64.3 Å². The second kappa shape index (κ2) is 18.4. The van der Waals surface area contributed by atoms with Crippen LogP contribution in [0.2, 0.25) is 0 Å². The lowest BCUT2D eigenvalue weighted by atomic mass is 9.92. The second-order valence-electron chi connectivity index (χ2n) is 12.6. The molecule has 5 rings (SSSR count). The number of nitrogens with one attached hydrogen (secondary N) is 3. The van der Waals surface area contributed by atoms with E-state index in [1.54, 1.807) is 0 Å². The van der Waals surface area contributed by atoms with Crippen LogP contribution in [0.4, 0.5) is 4.79 Å². The first-order valence-corrected chi connectivity index (χ1v) is 18.7. The maximum atomic E-state index is 12.7. The first-order chi connectivity index (χ1) is 25.5. The highest BCUT2D eigenvalue weighted by atomic mass is 31.2. The van der Waals surface area contributed by atoms with Crippen LogP contribution in [-0.2, 0) is 40.7 Å². The zero-order valence-electron chi connectivity index (χ0n) is 29.1. The van der Waals surface area contributed by atoms with Crippen LogP contribution in [-0.4, -0.2) is 81.8 Å². The molecule has 3 unspecified atom stereocenters. The largest absolute Gasteiger partial charge is 0.472 e. The van der Waals surface area contributed by atoms with Crippen molar-refractivity contribution in [3.8, 4) is 11.8 Å². The number of carbonyl (C=O) groups excluding carboxylic acids is 2. The third-order valence-electron chi connectivity index (χ3n) is 8.90. The summed E-state index contributed by atoms with van der Waals surface area (Å²) in [5.74, 6) is 6.23. The average Bonchev–Trinajstić information content (AvgIpc) is 3.44. The number of alkyl carbamates (subject to hydrolysis) is 1. The van der Waals surface area contributed by atoms with Gasteiger partial charge in [0.25, 0.3) is 5.56 Å². The quantitative estimate of drug-likeness (QED) is 0.0701. The highest BCUT2D eigenvalue weighted by Gasteiger charge is 2.48. The summed E-state index contributed by atoms with van der Waals surface area (Å²) in [6.45, 7) is -0.0747. The molecule has 0 saturated carbocycles. The van der Waals surface area contributed by atoms with Gasteiger partial charge in [-0.25, -0.2) is 14.2 Å². The Balaban J connectivity index is 1.01. The molecule has 17 heteroatoms. The summed E-state index contributed by atoms with van der Waals surface area (Å²) >= 11 is 0. The number of carbonyl (C=O) groups is 2. The molecule has 3 aromatic rings. The van der Waals surface area contributed by atoms with Gasteiger partial charge in [-0.15, -0.1) is 0 Å². The first-order valence-electron chi connectivity index (χ1n) is 17.3. The molecule has 2 amide bonds. The van der Waals surface area contributed by atoms with Crippen molar-refractivity contribution >= 4 is 19.8 Å². The number of fused-ring (bicyclic) bond motifs is 2. The summed E-state index contributed by atoms with van der Waals surface area (Å²) in [7, 11) is -3.66. The fraction of sp³-hybridized carbons (Fsp3) is 0.444. The highest BCUT2D eigenvalue weighted by Crippen LogP contribution is 2.47. The van der Waals surface area contributed by atoms with Crippen molar-refractivity contribution in [2.24, 2.45) is 0 Å². The van der Waals surface area contributed by atoms with E-state index in [2.05, 4.69) is 32.0 Å². The third-order valence-corrected chi connectivity index (χ3v) is 9.87. The Bertz CT molecular complexity index is 1990. The van der Waals surface area contributed by atoms with Gasteiger partial charge in [0.1, 0.15) is 24.4 Å². The molecule has 1 aromatic heterocycles. The Labute approximate surface area is 305 Å². The van der Waals surface area contributed by atoms with Gasteiger partial charge >= 0.3 is 19.6 Å². The van der Waals surface area contributed by atoms with Gasteiger partial charge in [0, 0.05) is 61.5 Å². The molecule has 1 aliphatic heterocycles. The number of ether oxygens (including phenoxy) is 2. The number of phosphoric acid groups is 1. The zero-order valence-corrected chi connectivity index (χ0v) is 30.0. The number of H-pyrrole nitrogens is 1. The van der Waals surface area contributed by atoms with E-state index in [1.165, 1.54) is 6.20 Å². The number of aryl methyl sites for hydroxylation is 1. The van der Waals surface area contributed by atoms with E-state index in [0.717, 1.165) is 33.9 Å². The number of aromatic amines is 1. The molecule has 2 aliphatic rings. The predicted molar refractivity (Wildman–Crippen MR) is 190 cm³/mol. The topological polar surface area (TPSA) is 228 Å². The minimum atomic E-state index is -4.58. The molecule has 1 saturated heterocycles. The SMILES string of the molecule is COP(=O)(O)O[C@@H]1C(O)[C@H](n2cc(CCCNC(=O)CCCCCNC(=O)OC3Cc4ccccc4C#Cc4ccccc43)c(=O)[nH]c2=O)O[C@@H]1CO. The number of aliphatic hydroxyl groups is 2. The summed E-state index contributed by atoms with van der Waals surface area (Å²) in [6, 6.07) is 15.4. The molecule has 1 fully saturated rings. The first kappa shape index (κ1) is 39.6. The summed E-state index contributed by atoms with van der Waals surface area (Å²) in [6.07, 6.45) is -2.52. The minimum absolute atomic E-state index is 0.158. The zero-order chi connectivity index (χ0) is 38.0. The lowest BCUT2D eigenvalue weighted by Crippen LogP contribution is -2.39. The van der Waals surface area contributed by atoms with Crippen molar-refractivity contribution in [3.05, 3.63) is 103 Å². The molecule has 16 nitrogen and oxygen atoms in total. The third kappa shape index (κ3) is 10.5. The van der Waals surface area contributed by atoms with Crippen LogP contribution >= 0.6 is 7.82 Å². The number of hydrogen-bond donors (Lipinski definition) is 6. The summed E-state index contributed by atoms with van der Waals surface area (Å²) in [5, 5.41) is 26.0. The minimum Gasteiger partial charge on any atom is -0.441 e. The van der Waals surface area contributed by atoms with Crippen LogP contribution in [0, 0.1) is 11.8 Å². The molecule has 0 radical (unpaired) electrons. The van der Waals surface area contributed by atoms with Crippen molar-refractivity contribution in [1.82, 2.24) is 20.2 Å². The van der Waals surface area contributed by atoms with E-state index >= 15 is 0 Å². The molecule has 2 aromatic carbocycles. The van der Waals surface area contributed by atoms with E-state index in [9.17, 15) is 38.8 Å². The summed E-state index contributed by atoms with van der Waals surface area (Å²) < 4.78 is 33.5. The molecule has 284 valence electrons. The van der Waals surface area contributed by atoms with E-state index in [0.29, 0.717) is 38.6 Å². The number of unbranched alkanes of at least 4 members (excludes halogenated alkanes) is 2. The van der Waals surface area contributed by atoms with Crippen LogP contribution < -0.4 is 21.9 Å². The number of hydrogen-bond acceptors (Lipinski definition) is 11. The van der Waals surface area contributed by atoms with Crippen molar-refractivity contribution in [2.75, 3.05) is 26.8 Å². The van der Waals surface area contributed by atoms with Gasteiger partial charge in [0.05, 0.1) is 6.61 Å². The molecule has 1 aliphatic carbocycles. The molecule has 53 heavy (non-hydrogen) atoms.